The smallest absolute Gasteiger partial charge is 0.230 e. The highest BCUT2D eigenvalue weighted by Gasteiger charge is 2.23. The molecule has 0 amide bonds. The zero-order valence-corrected chi connectivity index (χ0v) is 14.9. The van der Waals surface area contributed by atoms with Crippen molar-refractivity contribution in [3.05, 3.63) is 47.7 Å². The third-order valence-electron chi connectivity index (χ3n) is 5.49. The zero-order valence-electron chi connectivity index (χ0n) is 14.9. The van der Waals surface area contributed by atoms with Gasteiger partial charge in [0, 0.05) is 6.54 Å². The van der Waals surface area contributed by atoms with Gasteiger partial charge in [-0.2, -0.15) is 0 Å². The molecule has 134 valence electrons. The van der Waals surface area contributed by atoms with Crippen LogP contribution in [-0.4, -0.2) is 52.7 Å². The molecule has 2 saturated heterocycles. The summed E-state index contributed by atoms with van der Waals surface area (Å²) in [6, 6.07) is 10.3. The number of nitrogens with zero attached hydrogens (tertiary/aromatic N) is 4. The van der Waals surface area contributed by atoms with Gasteiger partial charge in [0.2, 0.25) is 11.8 Å². The number of hydrogen-bond donors (Lipinski definition) is 0. The van der Waals surface area contributed by atoms with Crippen LogP contribution >= 0.6 is 0 Å². The van der Waals surface area contributed by atoms with Gasteiger partial charge < -0.3 is 9.32 Å². The standard InChI is InChI=1S/C20H28N4O/c1-2-6-17(7-3-1)14-19-21-22-20(25-19)16-24-12-8-18(9-13-24)15-23-10-4-5-11-23/h1-3,6-7,18H,4-5,8-16H2. The van der Waals surface area contributed by atoms with Crippen molar-refractivity contribution in [1.29, 1.82) is 0 Å². The first-order valence-electron chi connectivity index (χ1n) is 9.65. The Kier molecular flexibility index (Phi) is 5.43. The number of aromatic nitrogens is 2. The topological polar surface area (TPSA) is 45.4 Å². The summed E-state index contributed by atoms with van der Waals surface area (Å²) in [5.74, 6) is 2.33. The molecule has 1 aromatic carbocycles. The van der Waals surface area contributed by atoms with E-state index in [-0.39, 0.29) is 0 Å². The molecule has 0 unspecified atom stereocenters. The number of piperidine rings is 1. The molecule has 5 heteroatoms. The van der Waals surface area contributed by atoms with Gasteiger partial charge in [0.25, 0.3) is 0 Å². The average molecular weight is 340 g/mol. The largest absolute Gasteiger partial charge is 0.424 e. The molecule has 2 fully saturated rings. The van der Waals surface area contributed by atoms with Crippen molar-refractivity contribution < 1.29 is 4.42 Å². The number of rotatable bonds is 6. The quantitative estimate of drug-likeness (QED) is 0.809. The van der Waals surface area contributed by atoms with Crippen LogP contribution in [-0.2, 0) is 13.0 Å². The third kappa shape index (κ3) is 4.67. The Hall–Kier alpha value is -1.72. The molecule has 0 saturated carbocycles. The van der Waals surface area contributed by atoms with E-state index in [1.165, 1.54) is 50.9 Å². The van der Waals surface area contributed by atoms with Crippen LogP contribution in [0.4, 0.5) is 0 Å². The van der Waals surface area contributed by atoms with Crippen molar-refractivity contribution in [2.75, 3.05) is 32.7 Å². The van der Waals surface area contributed by atoms with E-state index in [1.807, 2.05) is 18.2 Å². The van der Waals surface area contributed by atoms with Gasteiger partial charge in [-0.1, -0.05) is 30.3 Å². The second-order valence-electron chi connectivity index (χ2n) is 7.48. The van der Waals surface area contributed by atoms with E-state index in [0.29, 0.717) is 12.3 Å². The minimum absolute atomic E-state index is 0.713. The molecule has 0 aliphatic carbocycles. The summed E-state index contributed by atoms with van der Waals surface area (Å²) < 4.78 is 5.85. The van der Waals surface area contributed by atoms with E-state index in [0.717, 1.165) is 31.4 Å². The van der Waals surface area contributed by atoms with Gasteiger partial charge in [0.15, 0.2) is 0 Å². The van der Waals surface area contributed by atoms with Crippen molar-refractivity contribution in [2.24, 2.45) is 5.92 Å². The normalized spacial score (nSPS) is 20.3. The van der Waals surface area contributed by atoms with Crippen molar-refractivity contribution in [1.82, 2.24) is 20.0 Å². The van der Waals surface area contributed by atoms with Gasteiger partial charge in [-0.15, -0.1) is 10.2 Å². The van der Waals surface area contributed by atoms with E-state index in [4.69, 9.17) is 4.42 Å². The molecule has 4 rings (SSSR count). The van der Waals surface area contributed by atoms with E-state index in [9.17, 15) is 0 Å². The van der Waals surface area contributed by atoms with Crippen molar-refractivity contribution in [2.45, 2.75) is 38.6 Å². The average Bonchev–Trinajstić information content (AvgIpc) is 3.30. The molecule has 2 aliphatic rings. The van der Waals surface area contributed by atoms with Crippen LogP contribution in [0.25, 0.3) is 0 Å². The molecule has 25 heavy (non-hydrogen) atoms. The molecule has 0 atom stereocenters. The van der Waals surface area contributed by atoms with Crippen molar-refractivity contribution >= 4 is 0 Å². The van der Waals surface area contributed by atoms with Crippen LogP contribution in [0, 0.1) is 5.92 Å². The fraction of sp³-hybridized carbons (Fsp3) is 0.600. The summed E-state index contributed by atoms with van der Waals surface area (Å²) >= 11 is 0. The highest BCUT2D eigenvalue weighted by molar-refractivity contribution is 5.17. The van der Waals surface area contributed by atoms with Crippen LogP contribution in [0.15, 0.2) is 34.7 Å². The highest BCUT2D eigenvalue weighted by atomic mass is 16.4. The zero-order chi connectivity index (χ0) is 16.9. The summed E-state index contributed by atoms with van der Waals surface area (Å²) in [5.41, 5.74) is 1.21. The lowest BCUT2D eigenvalue weighted by Gasteiger charge is -2.33. The molecular formula is C20H28N4O. The van der Waals surface area contributed by atoms with Crippen LogP contribution < -0.4 is 0 Å². The number of hydrogen-bond acceptors (Lipinski definition) is 5. The lowest BCUT2D eigenvalue weighted by Crippen LogP contribution is -2.37. The monoisotopic (exact) mass is 340 g/mol. The summed E-state index contributed by atoms with van der Waals surface area (Å²) in [6.45, 7) is 7.01. The number of benzene rings is 1. The molecule has 2 aliphatic heterocycles. The van der Waals surface area contributed by atoms with Crippen LogP contribution in [0.5, 0.6) is 0 Å². The van der Waals surface area contributed by atoms with E-state index >= 15 is 0 Å². The van der Waals surface area contributed by atoms with Gasteiger partial charge in [-0.05, 0) is 63.3 Å². The molecule has 3 heterocycles. The Morgan fingerprint density at radius 1 is 0.880 bits per heavy atom. The Balaban J connectivity index is 1.23. The fourth-order valence-corrected chi connectivity index (χ4v) is 4.04. The molecular weight excluding hydrogens is 312 g/mol. The Morgan fingerprint density at radius 2 is 1.60 bits per heavy atom. The maximum Gasteiger partial charge on any atom is 0.230 e. The summed E-state index contributed by atoms with van der Waals surface area (Å²) in [5, 5.41) is 8.45. The Bertz CT molecular complexity index is 643. The Morgan fingerprint density at radius 3 is 2.36 bits per heavy atom. The first kappa shape index (κ1) is 16.7. The van der Waals surface area contributed by atoms with Crippen molar-refractivity contribution in [3.63, 3.8) is 0 Å². The second kappa shape index (κ2) is 8.11. The second-order valence-corrected chi connectivity index (χ2v) is 7.48. The Labute approximate surface area is 150 Å². The van der Waals surface area contributed by atoms with Gasteiger partial charge in [0.05, 0.1) is 13.0 Å². The fourth-order valence-electron chi connectivity index (χ4n) is 4.04. The van der Waals surface area contributed by atoms with Gasteiger partial charge in [-0.25, -0.2) is 0 Å². The molecule has 2 aromatic rings. The molecule has 5 nitrogen and oxygen atoms in total. The van der Waals surface area contributed by atoms with Crippen LogP contribution in [0.2, 0.25) is 0 Å². The lowest BCUT2D eigenvalue weighted by atomic mass is 9.96. The predicted molar refractivity (Wildman–Crippen MR) is 97.2 cm³/mol. The predicted octanol–water partition coefficient (Wildman–Crippen LogP) is 2.97. The van der Waals surface area contributed by atoms with E-state index < -0.39 is 0 Å². The van der Waals surface area contributed by atoms with Gasteiger partial charge >= 0.3 is 0 Å². The molecule has 0 N–H and O–H groups in total. The first-order valence-corrected chi connectivity index (χ1v) is 9.65. The molecule has 0 radical (unpaired) electrons. The molecule has 1 aromatic heterocycles. The summed E-state index contributed by atoms with van der Waals surface area (Å²) in [7, 11) is 0. The van der Waals surface area contributed by atoms with Gasteiger partial charge in [0.1, 0.15) is 0 Å². The third-order valence-corrected chi connectivity index (χ3v) is 5.49. The van der Waals surface area contributed by atoms with Crippen LogP contribution in [0.3, 0.4) is 0 Å². The highest BCUT2D eigenvalue weighted by Crippen LogP contribution is 2.22. The van der Waals surface area contributed by atoms with Gasteiger partial charge in [-0.3, -0.25) is 4.90 Å². The maximum absolute atomic E-state index is 5.85. The first-order chi connectivity index (χ1) is 12.3. The number of likely N-dealkylation sites (tertiary alicyclic amines) is 2. The molecule has 0 bridgehead atoms. The summed E-state index contributed by atoms with van der Waals surface area (Å²) in [6.07, 6.45) is 6.08. The summed E-state index contributed by atoms with van der Waals surface area (Å²) in [4.78, 5) is 5.11. The van der Waals surface area contributed by atoms with E-state index in [2.05, 4.69) is 32.1 Å². The SMILES string of the molecule is c1ccc(Cc2nnc(CN3CCC(CN4CCCC4)CC3)o2)cc1. The maximum atomic E-state index is 5.85. The minimum atomic E-state index is 0.713. The van der Waals surface area contributed by atoms with Crippen molar-refractivity contribution in [3.8, 4) is 0 Å². The molecule has 0 spiro atoms. The van der Waals surface area contributed by atoms with E-state index in [1.54, 1.807) is 0 Å². The van der Waals surface area contributed by atoms with Crippen LogP contribution in [0.1, 0.15) is 43.0 Å². The minimum Gasteiger partial charge on any atom is -0.424 e. The lowest BCUT2D eigenvalue weighted by molar-refractivity contribution is 0.139.